The molecule has 1 spiro atoms. The maximum absolute atomic E-state index is 11.7. The molecule has 0 N–H and O–H groups in total. The van der Waals surface area contributed by atoms with Gasteiger partial charge in [0, 0.05) is 37.3 Å². The van der Waals surface area contributed by atoms with Crippen LogP contribution in [0.4, 0.5) is 0 Å². The SMILES string of the molecule is COC(C)[C@@H]1CCC2N1[C@@H]1C=CC3=CC(=O)O[C@@]32C1. The molecule has 0 saturated carbocycles. The predicted molar refractivity (Wildman–Crippen MR) is 69.6 cm³/mol. The predicted octanol–water partition coefficient (Wildman–Crippen LogP) is 1.42. The van der Waals surface area contributed by atoms with E-state index in [0.29, 0.717) is 18.1 Å². The molecule has 2 fully saturated rings. The van der Waals surface area contributed by atoms with Crippen molar-refractivity contribution in [3.63, 3.8) is 0 Å². The van der Waals surface area contributed by atoms with E-state index >= 15 is 0 Å². The van der Waals surface area contributed by atoms with Crippen molar-refractivity contribution in [1.29, 1.82) is 0 Å². The number of ether oxygens (including phenoxy) is 2. The summed E-state index contributed by atoms with van der Waals surface area (Å²) in [6.45, 7) is 2.13. The van der Waals surface area contributed by atoms with Gasteiger partial charge in [0.1, 0.15) is 0 Å². The normalized spacial score (nSPS) is 44.8. The second-order valence-corrected chi connectivity index (χ2v) is 6.09. The fourth-order valence-electron chi connectivity index (χ4n) is 4.50. The van der Waals surface area contributed by atoms with Gasteiger partial charge in [-0.1, -0.05) is 12.2 Å². The first-order valence-electron chi connectivity index (χ1n) is 7.09. The van der Waals surface area contributed by atoms with E-state index in [-0.39, 0.29) is 17.7 Å². The summed E-state index contributed by atoms with van der Waals surface area (Å²) in [5, 5.41) is 0. The molecule has 2 saturated heterocycles. The zero-order chi connectivity index (χ0) is 13.2. The Kier molecular flexibility index (Phi) is 2.28. The summed E-state index contributed by atoms with van der Waals surface area (Å²) in [7, 11) is 1.77. The summed E-state index contributed by atoms with van der Waals surface area (Å²) in [6.07, 6.45) is 9.33. The first-order valence-corrected chi connectivity index (χ1v) is 7.09. The Balaban J connectivity index is 1.74. The zero-order valence-electron chi connectivity index (χ0n) is 11.3. The minimum absolute atomic E-state index is 0.176. The number of carbonyl (C=O) groups is 1. The van der Waals surface area contributed by atoms with Crippen molar-refractivity contribution in [2.24, 2.45) is 0 Å². The Morgan fingerprint density at radius 3 is 3.16 bits per heavy atom. The minimum atomic E-state index is -0.362. The minimum Gasteiger partial charge on any atom is -0.449 e. The third-order valence-electron chi connectivity index (χ3n) is 5.37. The Morgan fingerprint density at radius 1 is 1.53 bits per heavy atom. The number of fused-ring (bicyclic) bond motifs is 3. The van der Waals surface area contributed by atoms with E-state index in [1.54, 1.807) is 13.2 Å². The molecule has 3 aliphatic heterocycles. The molecule has 5 atom stereocenters. The van der Waals surface area contributed by atoms with Gasteiger partial charge in [-0.3, -0.25) is 4.90 Å². The van der Waals surface area contributed by atoms with Crippen molar-refractivity contribution < 1.29 is 14.3 Å². The van der Waals surface area contributed by atoms with Gasteiger partial charge >= 0.3 is 5.97 Å². The van der Waals surface area contributed by atoms with Crippen LogP contribution in [-0.4, -0.2) is 47.8 Å². The number of hydrogen-bond acceptors (Lipinski definition) is 4. The van der Waals surface area contributed by atoms with Crippen LogP contribution in [0.2, 0.25) is 0 Å². The second kappa shape index (κ2) is 3.70. The molecule has 4 nitrogen and oxygen atoms in total. The number of methoxy groups -OCH3 is 1. The highest BCUT2D eigenvalue weighted by atomic mass is 16.6. The van der Waals surface area contributed by atoms with Crippen molar-refractivity contribution in [2.75, 3.05) is 7.11 Å². The first-order chi connectivity index (χ1) is 9.15. The van der Waals surface area contributed by atoms with Crippen molar-refractivity contribution in [1.82, 2.24) is 4.90 Å². The van der Waals surface area contributed by atoms with Crippen molar-refractivity contribution in [3.8, 4) is 0 Å². The molecule has 4 aliphatic rings. The van der Waals surface area contributed by atoms with Crippen molar-refractivity contribution in [3.05, 3.63) is 23.8 Å². The molecule has 19 heavy (non-hydrogen) atoms. The topological polar surface area (TPSA) is 38.8 Å². The molecule has 0 aromatic carbocycles. The molecule has 2 unspecified atom stereocenters. The van der Waals surface area contributed by atoms with Crippen LogP contribution in [-0.2, 0) is 14.3 Å². The van der Waals surface area contributed by atoms with Crippen LogP contribution >= 0.6 is 0 Å². The van der Waals surface area contributed by atoms with Crippen molar-refractivity contribution in [2.45, 2.75) is 56.0 Å². The van der Waals surface area contributed by atoms with Gasteiger partial charge in [0.2, 0.25) is 0 Å². The lowest BCUT2D eigenvalue weighted by atomic mass is 9.81. The number of carbonyl (C=O) groups excluding carboxylic acids is 1. The van der Waals surface area contributed by atoms with Gasteiger partial charge in [-0.05, 0) is 19.8 Å². The smallest absolute Gasteiger partial charge is 0.332 e. The molecule has 0 amide bonds. The van der Waals surface area contributed by atoms with E-state index in [2.05, 4.69) is 24.0 Å². The number of esters is 1. The van der Waals surface area contributed by atoms with Gasteiger partial charge in [0.15, 0.2) is 5.60 Å². The fraction of sp³-hybridized carbons (Fsp3) is 0.667. The van der Waals surface area contributed by atoms with Gasteiger partial charge < -0.3 is 9.47 Å². The van der Waals surface area contributed by atoms with Gasteiger partial charge in [-0.2, -0.15) is 0 Å². The van der Waals surface area contributed by atoms with Gasteiger partial charge in [0.05, 0.1) is 12.1 Å². The Morgan fingerprint density at radius 2 is 2.37 bits per heavy atom. The van der Waals surface area contributed by atoms with E-state index in [9.17, 15) is 4.79 Å². The Labute approximate surface area is 113 Å². The van der Waals surface area contributed by atoms with E-state index < -0.39 is 0 Å². The standard InChI is InChI=1S/C15H19NO3/c1-9(18-2)12-5-6-13-15-8-11(16(12)13)4-3-10(15)7-14(17)19-15/h3-4,7,9,11-13H,5-6,8H2,1-2H3/t9?,11-,12+,13?,15+/m1/s1. The largest absolute Gasteiger partial charge is 0.449 e. The highest BCUT2D eigenvalue weighted by Crippen LogP contribution is 2.54. The molecule has 4 heteroatoms. The first kappa shape index (κ1) is 11.7. The molecule has 0 aromatic heterocycles. The quantitative estimate of drug-likeness (QED) is 0.705. The monoisotopic (exact) mass is 261 g/mol. The number of rotatable bonds is 2. The summed E-state index contributed by atoms with van der Waals surface area (Å²) in [5.41, 5.74) is 0.714. The van der Waals surface area contributed by atoms with Crippen molar-refractivity contribution >= 4 is 5.97 Å². The van der Waals surface area contributed by atoms with Crippen LogP contribution in [0.3, 0.4) is 0 Å². The molecule has 102 valence electrons. The van der Waals surface area contributed by atoms with E-state index in [4.69, 9.17) is 9.47 Å². The van der Waals surface area contributed by atoms with Gasteiger partial charge in [-0.15, -0.1) is 0 Å². The average Bonchev–Trinajstić information content (AvgIpc) is 3.02. The molecule has 4 rings (SSSR count). The van der Waals surface area contributed by atoms with Crippen LogP contribution in [0.25, 0.3) is 0 Å². The molecule has 2 bridgehead atoms. The average molecular weight is 261 g/mol. The fourth-order valence-corrected chi connectivity index (χ4v) is 4.50. The van der Waals surface area contributed by atoms with Crippen LogP contribution in [0, 0.1) is 0 Å². The highest BCUT2D eigenvalue weighted by Gasteiger charge is 2.63. The molecule has 3 heterocycles. The summed E-state index contributed by atoms with van der Waals surface area (Å²) in [4.78, 5) is 14.2. The van der Waals surface area contributed by atoms with Crippen LogP contribution in [0.5, 0.6) is 0 Å². The Hall–Kier alpha value is -1.13. The third kappa shape index (κ3) is 1.33. The summed E-state index contributed by atoms with van der Waals surface area (Å²) in [6, 6.07) is 1.15. The molecule has 0 aromatic rings. The maximum Gasteiger partial charge on any atom is 0.332 e. The van der Waals surface area contributed by atoms with Gasteiger partial charge in [0.25, 0.3) is 0 Å². The molecular weight excluding hydrogens is 242 g/mol. The molecular formula is C15H19NO3. The number of hydrogen-bond donors (Lipinski definition) is 0. The number of nitrogens with zero attached hydrogens (tertiary/aromatic N) is 1. The van der Waals surface area contributed by atoms with E-state index in [1.165, 1.54) is 0 Å². The second-order valence-electron chi connectivity index (χ2n) is 6.09. The maximum atomic E-state index is 11.7. The lowest BCUT2D eigenvalue weighted by Gasteiger charge is -2.33. The lowest BCUT2D eigenvalue weighted by Crippen LogP contribution is -2.47. The third-order valence-corrected chi connectivity index (χ3v) is 5.37. The van der Waals surface area contributed by atoms with E-state index in [0.717, 1.165) is 24.8 Å². The summed E-state index contributed by atoms with van der Waals surface area (Å²) in [5.74, 6) is -0.176. The van der Waals surface area contributed by atoms with Crippen LogP contribution in [0.1, 0.15) is 26.2 Å². The lowest BCUT2D eigenvalue weighted by molar-refractivity contribution is -0.147. The molecule has 0 radical (unpaired) electrons. The van der Waals surface area contributed by atoms with E-state index in [1.807, 2.05) is 0 Å². The summed E-state index contributed by atoms with van der Waals surface area (Å²) >= 11 is 0. The summed E-state index contributed by atoms with van der Waals surface area (Å²) < 4.78 is 11.3. The van der Waals surface area contributed by atoms with Crippen LogP contribution in [0.15, 0.2) is 23.8 Å². The zero-order valence-corrected chi connectivity index (χ0v) is 11.3. The van der Waals surface area contributed by atoms with Crippen LogP contribution < -0.4 is 0 Å². The Bertz CT molecular complexity index is 498. The highest BCUT2D eigenvalue weighted by molar-refractivity contribution is 5.88. The molecule has 1 aliphatic carbocycles. The van der Waals surface area contributed by atoms with Gasteiger partial charge in [-0.25, -0.2) is 4.79 Å².